The fourth-order valence-corrected chi connectivity index (χ4v) is 6.90. The molecule has 6 rings (SSSR count). The minimum absolute atomic E-state index is 0.0130. The highest BCUT2D eigenvalue weighted by molar-refractivity contribution is 6.08. The van der Waals surface area contributed by atoms with Crippen LogP contribution in [0.5, 0.6) is 5.75 Å². The van der Waals surface area contributed by atoms with Crippen LogP contribution in [0.25, 0.3) is 0 Å². The maximum Gasteiger partial charge on any atom is 0.330 e. The van der Waals surface area contributed by atoms with E-state index in [0.717, 1.165) is 73.9 Å². The summed E-state index contributed by atoms with van der Waals surface area (Å²) in [4.78, 5) is 38.7. The first-order chi connectivity index (χ1) is 27.1. The van der Waals surface area contributed by atoms with Crippen LogP contribution < -0.4 is 21.7 Å². The number of carbonyl (C=O) groups is 1. The van der Waals surface area contributed by atoms with E-state index in [2.05, 4.69) is 15.3 Å². The molecular weight excluding hydrogens is 728 g/mol. The van der Waals surface area contributed by atoms with Crippen LogP contribution in [0.3, 0.4) is 0 Å². The number of hydrogen-bond acceptors (Lipinski definition) is 14. The number of nitrogens with one attached hydrogen (secondary N) is 1. The Morgan fingerprint density at radius 3 is 2.18 bits per heavy atom. The Bertz CT molecular complexity index is 1950. The number of benzene rings is 2. The van der Waals surface area contributed by atoms with Crippen molar-refractivity contribution in [3.63, 3.8) is 0 Å². The molecular formula is C39H50N6O11. The second-order valence-electron chi connectivity index (χ2n) is 14.1. The van der Waals surface area contributed by atoms with Crippen LogP contribution in [0.15, 0.2) is 82.6 Å². The Hall–Kier alpha value is -4.59. The van der Waals surface area contributed by atoms with Crippen molar-refractivity contribution in [2.75, 3.05) is 13.2 Å². The van der Waals surface area contributed by atoms with E-state index >= 15 is 0 Å². The summed E-state index contributed by atoms with van der Waals surface area (Å²) in [6.45, 7) is 0.520. The molecule has 0 aliphatic carbocycles. The average Bonchev–Trinajstić information content (AvgIpc) is 3.88. The maximum atomic E-state index is 12.6. The summed E-state index contributed by atoms with van der Waals surface area (Å²) < 4.78 is 25.7. The SMILES string of the molecule is NC[C@H]1O[C@@H](O[C@H]([C@H]2O[C@@H](n3ccc(=O)[nH]c3=O)[C@H](O)[C@@H]2O)n2cc(CCCCCCCCCCOc3ccc(C(=O)c4ccccc4)cc3)nn2)[C@H](O)[C@@H]1O. The van der Waals surface area contributed by atoms with Gasteiger partial charge in [-0.3, -0.25) is 19.1 Å². The molecule has 0 amide bonds. The summed E-state index contributed by atoms with van der Waals surface area (Å²) in [6, 6.07) is 17.5. The number of ether oxygens (including phenoxy) is 4. The largest absolute Gasteiger partial charge is 0.494 e. The lowest BCUT2D eigenvalue weighted by Gasteiger charge is -2.29. The van der Waals surface area contributed by atoms with E-state index in [9.17, 15) is 34.8 Å². The molecule has 0 saturated carbocycles. The molecule has 2 aromatic carbocycles. The molecule has 0 spiro atoms. The summed E-state index contributed by atoms with van der Waals surface area (Å²) >= 11 is 0. The van der Waals surface area contributed by atoms with Gasteiger partial charge in [-0.2, -0.15) is 0 Å². The first-order valence-corrected chi connectivity index (χ1v) is 19.1. The quantitative estimate of drug-likeness (QED) is 0.0548. The number of aliphatic hydroxyl groups excluding tert-OH is 4. The van der Waals surface area contributed by atoms with E-state index in [0.29, 0.717) is 29.8 Å². The van der Waals surface area contributed by atoms with Crippen molar-refractivity contribution >= 4 is 5.78 Å². The highest BCUT2D eigenvalue weighted by atomic mass is 16.7. The predicted molar refractivity (Wildman–Crippen MR) is 200 cm³/mol. The van der Waals surface area contributed by atoms with Crippen LogP contribution in [0, 0.1) is 0 Å². The van der Waals surface area contributed by atoms with Gasteiger partial charge >= 0.3 is 5.69 Å². The summed E-state index contributed by atoms with van der Waals surface area (Å²) in [6.07, 6.45) is -0.950. The van der Waals surface area contributed by atoms with Crippen molar-refractivity contribution in [1.29, 1.82) is 0 Å². The zero-order valence-electron chi connectivity index (χ0n) is 30.9. The van der Waals surface area contributed by atoms with Crippen LogP contribution in [0.2, 0.25) is 0 Å². The molecule has 56 heavy (non-hydrogen) atoms. The van der Waals surface area contributed by atoms with Gasteiger partial charge in [0.2, 0.25) is 0 Å². The molecule has 17 nitrogen and oxygen atoms in total. The normalized spacial score (nSPS) is 25.4. The fourth-order valence-electron chi connectivity index (χ4n) is 6.90. The fraction of sp³-hybridized carbons (Fsp3) is 0.513. The maximum absolute atomic E-state index is 12.6. The van der Waals surface area contributed by atoms with Gasteiger partial charge in [-0.05, 0) is 43.5 Å². The number of aliphatic hydroxyl groups is 4. The van der Waals surface area contributed by atoms with E-state index in [1.165, 1.54) is 4.68 Å². The van der Waals surface area contributed by atoms with Crippen molar-refractivity contribution in [2.45, 2.75) is 113 Å². The zero-order valence-corrected chi connectivity index (χ0v) is 30.9. The Morgan fingerprint density at radius 2 is 1.50 bits per heavy atom. The molecule has 4 heterocycles. The number of nitrogens with two attached hydrogens (primary N) is 1. The molecule has 2 fully saturated rings. The predicted octanol–water partition coefficient (Wildman–Crippen LogP) is 1.34. The Morgan fingerprint density at radius 1 is 0.821 bits per heavy atom. The van der Waals surface area contributed by atoms with Crippen molar-refractivity contribution in [2.24, 2.45) is 5.73 Å². The van der Waals surface area contributed by atoms with Crippen molar-refractivity contribution in [1.82, 2.24) is 24.5 Å². The third-order valence-corrected chi connectivity index (χ3v) is 10.1. The van der Waals surface area contributed by atoms with Crippen molar-refractivity contribution in [3.05, 3.63) is 111 Å². The Labute approximate surface area is 322 Å². The molecule has 302 valence electrons. The number of nitrogens with zero attached hydrogens (tertiary/aromatic N) is 4. The summed E-state index contributed by atoms with van der Waals surface area (Å²) in [5.41, 5.74) is 6.08. The minimum atomic E-state index is -1.62. The lowest BCUT2D eigenvalue weighted by atomic mass is 10.0. The molecule has 2 aromatic heterocycles. The average molecular weight is 779 g/mol. The van der Waals surface area contributed by atoms with E-state index in [4.69, 9.17) is 24.7 Å². The van der Waals surface area contributed by atoms with Crippen LogP contribution in [-0.2, 0) is 20.6 Å². The van der Waals surface area contributed by atoms with Gasteiger partial charge in [0.25, 0.3) is 5.56 Å². The third kappa shape index (κ3) is 10.0. The van der Waals surface area contributed by atoms with Gasteiger partial charge in [-0.15, -0.1) is 5.10 Å². The lowest BCUT2D eigenvalue weighted by molar-refractivity contribution is -0.245. The second kappa shape index (κ2) is 19.5. The van der Waals surface area contributed by atoms with E-state index in [1.54, 1.807) is 30.5 Å². The van der Waals surface area contributed by atoms with Gasteiger partial charge in [0.1, 0.15) is 42.4 Å². The number of carbonyl (C=O) groups excluding carboxylic acids is 1. The number of ketones is 1. The molecule has 7 N–H and O–H groups in total. The minimum Gasteiger partial charge on any atom is -0.494 e. The third-order valence-electron chi connectivity index (χ3n) is 10.1. The van der Waals surface area contributed by atoms with Crippen molar-refractivity contribution in [3.8, 4) is 5.75 Å². The second-order valence-corrected chi connectivity index (χ2v) is 14.1. The van der Waals surface area contributed by atoms with Gasteiger partial charge in [0, 0.05) is 29.9 Å². The van der Waals surface area contributed by atoms with Gasteiger partial charge < -0.3 is 45.1 Å². The standard InChI is InChI=1S/C39H50N6O11/c40-22-28-31(48)34(51)38(54-28)56-37(35-32(49)33(50)36(55-35)44-20-19-29(46)41-39(44)52)45-23-26(42-43-45)14-10-5-3-1-2-4-6-11-21-53-27-17-15-25(16-18-27)30(47)24-12-8-7-9-13-24/h7-9,12-13,15-20,23,28,31-38,48-51H,1-6,10-11,14,21-22,40H2,(H,41,46,52)/t28-,31-,32+,33-,34-,35+,36-,37-,38+/m1/s1. The monoisotopic (exact) mass is 778 g/mol. The van der Waals surface area contributed by atoms with Gasteiger partial charge in [-0.25, -0.2) is 9.48 Å². The van der Waals surface area contributed by atoms with E-state index < -0.39 is 66.6 Å². The van der Waals surface area contributed by atoms with Gasteiger partial charge in [0.05, 0.1) is 18.5 Å². The summed E-state index contributed by atoms with van der Waals surface area (Å²) in [5.74, 6) is 0.735. The van der Waals surface area contributed by atoms with Crippen LogP contribution in [0.1, 0.15) is 85.4 Å². The van der Waals surface area contributed by atoms with Crippen molar-refractivity contribution < 1.29 is 44.2 Å². The number of rotatable bonds is 20. The lowest BCUT2D eigenvalue weighted by Crippen LogP contribution is -2.42. The molecule has 2 aliphatic rings. The molecule has 2 aliphatic heterocycles. The van der Waals surface area contributed by atoms with E-state index in [-0.39, 0.29) is 12.3 Å². The molecule has 0 radical (unpaired) electrons. The van der Waals surface area contributed by atoms with Gasteiger partial charge in [0.15, 0.2) is 24.5 Å². The number of hydrogen-bond donors (Lipinski definition) is 6. The van der Waals surface area contributed by atoms with Gasteiger partial charge in [-0.1, -0.05) is 74.1 Å². The smallest absolute Gasteiger partial charge is 0.330 e. The number of aromatic nitrogens is 5. The molecule has 0 unspecified atom stereocenters. The highest BCUT2D eigenvalue weighted by Crippen LogP contribution is 2.37. The number of unbranched alkanes of at least 4 members (excludes halogenated alkanes) is 7. The Balaban J connectivity index is 0.930. The Kier molecular flexibility index (Phi) is 14.3. The van der Waals surface area contributed by atoms with E-state index in [1.807, 2.05) is 30.3 Å². The first-order valence-electron chi connectivity index (χ1n) is 19.1. The van der Waals surface area contributed by atoms with Crippen LogP contribution in [-0.4, -0.2) is 107 Å². The molecule has 4 aromatic rings. The molecule has 17 heteroatoms. The number of aryl methyl sites for hydroxylation is 1. The molecule has 0 bridgehead atoms. The first kappa shape index (κ1) is 41.1. The summed E-state index contributed by atoms with van der Waals surface area (Å²) in [7, 11) is 0. The number of H-pyrrole nitrogens is 1. The summed E-state index contributed by atoms with van der Waals surface area (Å²) in [5, 5.41) is 51.4. The molecule has 9 atom stereocenters. The number of aromatic amines is 1. The van der Waals surface area contributed by atoms with Crippen LogP contribution in [0.4, 0.5) is 0 Å². The van der Waals surface area contributed by atoms with Crippen LogP contribution >= 0.6 is 0 Å². The highest BCUT2D eigenvalue weighted by Gasteiger charge is 2.52. The molecule has 2 saturated heterocycles. The zero-order chi connectivity index (χ0) is 39.6. The topological polar surface area (TPSA) is 246 Å².